The molecule has 2 aromatic carbocycles. The van der Waals surface area contributed by atoms with Gasteiger partial charge in [0.25, 0.3) is 0 Å². The summed E-state index contributed by atoms with van der Waals surface area (Å²) >= 11 is 12.1. The number of hydrogen-bond donors (Lipinski definition) is 0. The van der Waals surface area contributed by atoms with E-state index in [0.717, 1.165) is 17.5 Å². The van der Waals surface area contributed by atoms with E-state index in [2.05, 4.69) is 19.1 Å². The Morgan fingerprint density at radius 2 is 1.74 bits per heavy atom. The second kappa shape index (κ2) is 6.83. The lowest BCUT2D eigenvalue weighted by Crippen LogP contribution is -1.99. The summed E-state index contributed by atoms with van der Waals surface area (Å²) in [4.78, 5) is 0. The average molecular weight is 295 g/mol. The zero-order valence-electron chi connectivity index (χ0n) is 10.8. The Bertz CT molecular complexity index is 552. The summed E-state index contributed by atoms with van der Waals surface area (Å²) in [6.45, 7) is 2.66. The minimum atomic E-state index is 0.584. The standard InChI is InChI=1S/C16H16Cl2O/c1-12-6-2-3-7-13(12)14-8-4-9-15(16(14)18)19-11-5-10-17/h2-4,6-9H,5,10-11H2,1H3. The van der Waals surface area contributed by atoms with Crippen LogP contribution in [0.4, 0.5) is 0 Å². The maximum Gasteiger partial charge on any atom is 0.138 e. The van der Waals surface area contributed by atoms with Crippen LogP contribution in [0.15, 0.2) is 42.5 Å². The van der Waals surface area contributed by atoms with Crippen LogP contribution in [0.2, 0.25) is 5.02 Å². The SMILES string of the molecule is Cc1ccccc1-c1cccc(OCCCCl)c1Cl. The van der Waals surface area contributed by atoms with Gasteiger partial charge in [-0.3, -0.25) is 0 Å². The van der Waals surface area contributed by atoms with Crippen LogP contribution in [-0.4, -0.2) is 12.5 Å². The van der Waals surface area contributed by atoms with E-state index in [-0.39, 0.29) is 0 Å². The highest BCUT2D eigenvalue weighted by Crippen LogP contribution is 2.36. The van der Waals surface area contributed by atoms with E-state index in [4.69, 9.17) is 27.9 Å². The first-order valence-corrected chi connectivity index (χ1v) is 7.18. The molecule has 0 aliphatic rings. The second-order valence-corrected chi connectivity index (χ2v) is 5.08. The fraction of sp³-hybridized carbons (Fsp3) is 0.250. The van der Waals surface area contributed by atoms with Crippen molar-refractivity contribution in [3.05, 3.63) is 53.1 Å². The molecule has 2 aromatic rings. The number of benzene rings is 2. The van der Waals surface area contributed by atoms with E-state index < -0.39 is 0 Å². The van der Waals surface area contributed by atoms with Crippen molar-refractivity contribution in [2.75, 3.05) is 12.5 Å². The Balaban J connectivity index is 2.32. The van der Waals surface area contributed by atoms with Crippen molar-refractivity contribution in [1.82, 2.24) is 0 Å². The van der Waals surface area contributed by atoms with Gasteiger partial charge in [0.1, 0.15) is 5.75 Å². The third-order valence-corrected chi connectivity index (χ3v) is 3.59. The number of halogens is 2. The minimum Gasteiger partial charge on any atom is -0.492 e. The first kappa shape index (κ1) is 14.2. The molecule has 0 fully saturated rings. The van der Waals surface area contributed by atoms with E-state index in [9.17, 15) is 0 Å². The molecule has 0 aliphatic heterocycles. The van der Waals surface area contributed by atoms with E-state index >= 15 is 0 Å². The molecule has 19 heavy (non-hydrogen) atoms. The lowest BCUT2D eigenvalue weighted by Gasteiger charge is -2.12. The molecular formula is C16H16Cl2O. The van der Waals surface area contributed by atoms with Crippen LogP contribution < -0.4 is 4.74 Å². The molecule has 100 valence electrons. The van der Waals surface area contributed by atoms with Crippen molar-refractivity contribution in [3.63, 3.8) is 0 Å². The fourth-order valence-electron chi connectivity index (χ4n) is 1.94. The van der Waals surface area contributed by atoms with E-state index in [1.54, 1.807) is 0 Å². The van der Waals surface area contributed by atoms with Gasteiger partial charge in [0.15, 0.2) is 0 Å². The molecule has 0 aliphatic carbocycles. The first-order chi connectivity index (χ1) is 9.24. The molecule has 0 aromatic heterocycles. The molecule has 0 saturated heterocycles. The third kappa shape index (κ3) is 3.43. The van der Waals surface area contributed by atoms with Gasteiger partial charge in [-0.15, -0.1) is 11.6 Å². The van der Waals surface area contributed by atoms with Crippen molar-refractivity contribution < 1.29 is 4.74 Å². The lowest BCUT2D eigenvalue weighted by atomic mass is 10.0. The Hall–Kier alpha value is -1.18. The van der Waals surface area contributed by atoms with Gasteiger partial charge in [0.2, 0.25) is 0 Å². The predicted octanol–water partition coefficient (Wildman–Crippen LogP) is 5.32. The summed E-state index contributed by atoms with van der Waals surface area (Å²) < 4.78 is 5.66. The molecule has 0 N–H and O–H groups in total. The van der Waals surface area contributed by atoms with Gasteiger partial charge in [-0.2, -0.15) is 0 Å². The Morgan fingerprint density at radius 1 is 1.00 bits per heavy atom. The zero-order chi connectivity index (χ0) is 13.7. The maximum atomic E-state index is 6.44. The van der Waals surface area contributed by atoms with Crippen molar-refractivity contribution >= 4 is 23.2 Å². The average Bonchev–Trinajstić information content (AvgIpc) is 2.42. The Morgan fingerprint density at radius 3 is 2.47 bits per heavy atom. The Labute approximate surface area is 124 Å². The molecule has 0 heterocycles. The Kier molecular flexibility index (Phi) is 5.12. The number of ether oxygens (including phenoxy) is 1. The molecule has 0 atom stereocenters. The van der Waals surface area contributed by atoms with Crippen LogP contribution in [0, 0.1) is 6.92 Å². The van der Waals surface area contributed by atoms with Crippen LogP contribution in [0.25, 0.3) is 11.1 Å². The van der Waals surface area contributed by atoms with Gasteiger partial charge in [-0.1, -0.05) is 48.0 Å². The highest BCUT2D eigenvalue weighted by Gasteiger charge is 2.10. The predicted molar refractivity (Wildman–Crippen MR) is 82.5 cm³/mol. The minimum absolute atomic E-state index is 0.584. The van der Waals surface area contributed by atoms with Crippen LogP contribution >= 0.6 is 23.2 Å². The fourth-order valence-corrected chi connectivity index (χ4v) is 2.33. The number of alkyl halides is 1. The van der Waals surface area contributed by atoms with Crippen LogP contribution in [0.1, 0.15) is 12.0 Å². The second-order valence-electron chi connectivity index (χ2n) is 4.32. The molecule has 0 unspecified atom stereocenters. The normalized spacial score (nSPS) is 10.5. The first-order valence-electron chi connectivity index (χ1n) is 6.27. The summed E-state index contributed by atoms with van der Waals surface area (Å²) in [7, 11) is 0. The van der Waals surface area contributed by atoms with Gasteiger partial charge in [0.05, 0.1) is 11.6 Å². The van der Waals surface area contributed by atoms with Gasteiger partial charge < -0.3 is 4.74 Å². The summed E-state index contributed by atoms with van der Waals surface area (Å²) in [6, 6.07) is 14.0. The van der Waals surface area contributed by atoms with E-state index in [1.165, 1.54) is 5.56 Å². The van der Waals surface area contributed by atoms with E-state index in [1.807, 2.05) is 30.3 Å². The molecule has 1 nitrogen and oxygen atoms in total. The molecular weight excluding hydrogens is 279 g/mol. The summed E-state index contributed by atoms with van der Waals surface area (Å²) in [6.07, 6.45) is 0.812. The summed E-state index contributed by atoms with van der Waals surface area (Å²) in [5.74, 6) is 1.31. The van der Waals surface area contributed by atoms with Crippen molar-refractivity contribution in [3.8, 4) is 16.9 Å². The number of hydrogen-bond acceptors (Lipinski definition) is 1. The van der Waals surface area contributed by atoms with Gasteiger partial charge in [-0.05, 0) is 30.5 Å². The summed E-state index contributed by atoms with van der Waals surface area (Å²) in [5, 5.41) is 0.659. The maximum absolute atomic E-state index is 6.44. The highest BCUT2D eigenvalue weighted by molar-refractivity contribution is 6.34. The molecule has 3 heteroatoms. The molecule has 0 amide bonds. The molecule has 0 radical (unpaired) electrons. The quantitative estimate of drug-likeness (QED) is 0.535. The van der Waals surface area contributed by atoms with Crippen LogP contribution in [-0.2, 0) is 0 Å². The van der Waals surface area contributed by atoms with Crippen molar-refractivity contribution in [1.29, 1.82) is 0 Å². The van der Waals surface area contributed by atoms with Gasteiger partial charge in [0, 0.05) is 11.4 Å². The molecule has 0 spiro atoms. The topological polar surface area (TPSA) is 9.23 Å². The zero-order valence-corrected chi connectivity index (χ0v) is 12.3. The lowest BCUT2D eigenvalue weighted by molar-refractivity contribution is 0.318. The summed E-state index contributed by atoms with van der Waals surface area (Å²) in [5.41, 5.74) is 3.33. The smallest absolute Gasteiger partial charge is 0.138 e. The van der Waals surface area contributed by atoms with Crippen molar-refractivity contribution in [2.45, 2.75) is 13.3 Å². The largest absolute Gasteiger partial charge is 0.492 e. The number of aryl methyl sites for hydroxylation is 1. The van der Waals surface area contributed by atoms with Crippen LogP contribution in [0.3, 0.4) is 0 Å². The molecule has 0 bridgehead atoms. The molecule has 2 rings (SSSR count). The van der Waals surface area contributed by atoms with Crippen LogP contribution in [0.5, 0.6) is 5.75 Å². The van der Waals surface area contributed by atoms with Gasteiger partial charge >= 0.3 is 0 Å². The third-order valence-electron chi connectivity index (χ3n) is 2.93. The van der Waals surface area contributed by atoms with Crippen molar-refractivity contribution in [2.24, 2.45) is 0 Å². The monoisotopic (exact) mass is 294 g/mol. The number of rotatable bonds is 5. The van der Waals surface area contributed by atoms with Gasteiger partial charge in [-0.25, -0.2) is 0 Å². The highest BCUT2D eigenvalue weighted by atomic mass is 35.5. The molecule has 0 saturated carbocycles. The van der Waals surface area contributed by atoms with E-state index in [0.29, 0.717) is 23.3 Å².